The number of amides is 1. The van der Waals surface area contributed by atoms with Crippen molar-refractivity contribution in [1.82, 2.24) is 20.1 Å². The summed E-state index contributed by atoms with van der Waals surface area (Å²) < 4.78 is 0. The van der Waals surface area contributed by atoms with E-state index < -0.39 is 0 Å². The Morgan fingerprint density at radius 3 is 2.75 bits per heavy atom. The highest BCUT2D eigenvalue weighted by atomic mass is 16.3. The number of carbonyl (C=O) groups is 1. The van der Waals surface area contributed by atoms with Gasteiger partial charge in [0.15, 0.2) is 0 Å². The third-order valence-electron chi connectivity index (χ3n) is 2.23. The molecule has 2 N–H and O–H groups in total. The van der Waals surface area contributed by atoms with Gasteiger partial charge in [0.2, 0.25) is 5.82 Å². The van der Waals surface area contributed by atoms with Gasteiger partial charge < -0.3 is 10.0 Å². The number of aliphatic hydroxyl groups excluding tert-OH is 1. The molecule has 6 nitrogen and oxygen atoms in total. The maximum absolute atomic E-state index is 11.9. The fourth-order valence-electron chi connectivity index (χ4n) is 1.36. The van der Waals surface area contributed by atoms with E-state index in [9.17, 15) is 4.79 Å². The molecule has 1 aromatic rings. The van der Waals surface area contributed by atoms with Gasteiger partial charge >= 0.3 is 0 Å². The lowest BCUT2D eigenvalue weighted by atomic mass is 10.3. The molecule has 0 atom stereocenters. The van der Waals surface area contributed by atoms with Crippen LogP contribution in [0.4, 0.5) is 0 Å². The molecule has 0 aliphatic heterocycles. The predicted octanol–water partition coefficient (Wildman–Crippen LogP) is 0.348. The minimum atomic E-state index is -0.230. The third-order valence-corrected chi connectivity index (χ3v) is 2.23. The molecule has 1 amide bonds. The van der Waals surface area contributed by atoms with Crippen LogP contribution >= 0.6 is 0 Å². The fraction of sp³-hybridized carbons (Fsp3) is 0.700. The summed E-state index contributed by atoms with van der Waals surface area (Å²) in [6.07, 6.45) is 1.91. The van der Waals surface area contributed by atoms with Crippen LogP contribution in [0.5, 0.6) is 0 Å². The molecule has 1 heterocycles. The first-order chi connectivity index (χ1) is 7.69. The van der Waals surface area contributed by atoms with Crippen molar-refractivity contribution in [3.63, 3.8) is 0 Å². The number of rotatable bonds is 6. The van der Waals surface area contributed by atoms with Crippen molar-refractivity contribution in [1.29, 1.82) is 0 Å². The molecular formula is C10H18N4O2. The van der Waals surface area contributed by atoms with E-state index in [4.69, 9.17) is 5.11 Å². The topological polar surface area (TPSA) is 82.1 Å². The van der Waals surface area contributed by atoms with Crippen molar-refractivity contribution in [2.24, 2.45) is 0 Å². The minimum absolute atomic E-state index is 0.0428. The molecular weight excluding hydrogens is 208 g/mol. The Hall–Kier alpha value is -1.43. The lowest BCUT2D eigenvalue weighted by Crippen LogP contribution is -2.35. The summed E-state index contributed by atoms with van der Waals surface area (Å²) in [6, 6.07) is 0. The molecule has 0 spiro atoms. The smallest absolute Gasteiger partial charge is 0.293 e. The number of aromatic amines is 1. The highest BCUT2D eigenvalue weighted by Gasteiger charge is 2.18. The number of H-pyrrole nitrogens is 1. The highest BCUT2D eigenvalue weighted by molar-refractivity contribution is 5.90. The van der Waals surface area contributed by atoms with E-state index in [0.717, 1.165) is 12.8 Å². The van der Waals surface area contributed by atoms with Crippen molar-refractivity contribution in [3.8, 4) is 0 Å². The van der Waals surface area contributed by atoms with Gasteiger partial charge in [0.05, 0.1) is 6.61 Å². The summed E-state index contributed by atoms with van der Waals surface area (Å²) in [7, 11) is 0. The highest BCUT2D eigenvalue weighted by Crippen LogP contribution is 2.01. The average molecular weight is 226 g/mol. The molecule has 0 saturated carbocycles. The summed E-state index contributed by atoms with van der Waals surface area (Å²) >= 11 is 0. The van der Waals surface area contributed by atoms with Gasteiger partial charge in [-0.05, 0) is 13.3 Å². The number of aliphatic hydroxyl groups is 1. The first-order valence-corrected chi connectivity index (χ1v) is 5.48. The molecule has 0 saturated heterocycles. The van der Waals surface area contributed by atoms with Crippen molar-refractivity contribution in [2.45, 2.75) is 26.7 Å². The van der Waals surface area contributed by atoms with E-state index in [1.807, 2.05) is 0 Å². The molecule has 0 bridgehead atoms. The number of hydrogen-bond donors (Lipinski definition) is 2. The van der Waals surface area contributed by atoms with E-state index in [1.165, 1.54) is 0 Å². The van der Waals surface area contributed by atoms with E-state index in [0.29, 0.717) is 18.9 Å². The van der Waals surface area contributed by atoms with Crippen LogP contribution in [0.15, 0.2) is 0 Å². The van der Waals surface area contributed by atoms with Crippen LogP contribution in [0.1, 0.15) is 36.2 Å². The molecule has 0 unspecified atom stereocenters. The maximum Gasteiger partial charge on any atom is 0.293 e. The second-order valence-electron chi connectivity index (χ2n) is 3.61. The van der Waals surface area contributed by atoms with Crippen molar-refractivity contribution < 1.29 is 9.90 Å². The van der Waals surface area contributed by atoms with Crippen molar-refractivity contribution in [3.05, 3.63) is 11.6 Å². The van der Waals surface area contributed by atoms with Gasteiger partial charge in [-0.3, -0.25) is 9.89 Å². The Morgan fingerprint density at radius 1 is 1.50 bits per heavy atom. The molecule has 0 aliphatic carbocycles. The summed E-state index contributed by atoms with van der Waals surface area (Å²) in [6.45, 7) is 4.71. The van der Waals surface area contributed by atoms with Gasteiger partial charge in [-0.1, -0.05) is 13.3 Å². The molecule has 0 fully saturated rings. The Morgan fingerprint density at radius 2 is 2.25 bits per heavy atom. The summed E-state index contributed by atoms with van der Waals surface area (Å²) in [5.74, 6) is 0.552. The van der Waals surface area contributed by atoms with E-state index in [1.54, 1.807) is 11.8 Å². The summed E-state index contributed by atoms with van der Waals surface area (Å²) in [4.78, 5) is 17.5. The number of unbranched alkanes of at least 4 members (excludes halogenated alkanes) is 1. The zero-order valence-corrected chi connectivity index (χ0v) is 9.73. The molecule has 90 valence electrons. The minimum Gasteiger partial charge on any atom is -0.395 e. The zero-order valence-electron chi connectivity index (χ0n) is 9.73. The van der Waals surface area contributed by atoms with Crippen LogP contribution in [0, 0.1) is 6.92 Å². The number of nitrogens with one attached hydrogen (secondary N) is 1. The fourth-order valence-corrected chi connectivity index (χ4v) is 1.36. The Kier molecular flexibility index (Phi) is 4.91. The van der Waals surface area contributed by atoms with Gasteiger partial charge in [-0.25, -0.2) is 4.98 Å². The molecule has 6 heteroatoms. The van der Waals surface area contributed by atoms with Gasteiger partial charge in [-0.15, -0.1) is 5.10 Å². The first kappa shape index (κ1) is 12.6. The van der Waals surface area contributed by atoms with E-state index in [2.05, 4.69) is 22.1 Å². The van der Waals surface area contributed by atoms with Crippen LogP contribution in [0.2, 0.25) is 0 Å². The summed E-state index contributed by atoms with van der Waals surface area (Å²) in [5, 5.41) is 15.3. The van der Waals surface area contributed by atoms with Gasteiger partial charge in [0.1, 0.15) is 5.82 Å². The lowest BCUT2D eigenvalue weighted by molar-refractivity contribution is 0.0707. The van der Waals surface area contributed by atoms with Gasteiger partial charge in [0.25, 0.3) is 5.91 Å². The average Bonchev–Trinajstić information content (AvgIpc) is 2.70. The third kappa shape index (κ3) is 3.30. The standard InChI is InChI=1S/C10H18N4O2/c1-3-4-5-14(6-7-15)10(16)9-11-8(2)12-13-9/h15H,3-7H2,1-2H3,(H,11,12,13). The van der Waals surface area contributed by atoms with Crippen molar-refractivity contribution >= 4 is 5.91 Å². The van der Waals surface area contributed by atoms with Crippen LogP contribution in [0.3, 0.4) is 0 Å². The second-order valence-corrected chi connectivity index (χ2v) is 3.61. The number of carbonyl (C=O) groups excluding carboxylic acids is 1. The largest absolute Gasteiger partial charge is 0.395 e. The maximum atomic E-state index is 11.9. The monoisotopic (exact) mass is 226 g/mol. The Bertz CT molecular complexity index is 337. The van der Waals surface area contributed by atoms with E-state index in [-0.39, 0.29) is 18.3 Å². The molecule has 0 radical (unpaired) electrons. The molecule has 0 aliphatic rings. The van der Waals surface area contributed by atoms with Crippen molar-refractivity contribution in [2.75, 3.05) is 19.7 Å². The number of aryl methyl sites for hydroxylation is 1. The predicted molar refractivity (Wildman–Crippen MR) is 59.0 cm³/mol. The Labute approximate surface area is 94.7 Å². The molecule has 16 heavy (non-hydrogen) atoms. The molecule has 1 aromatic heterocycles. The first-order valence-electron chi connectivity index (χ1n) is 5.48. The van der Waals surface area contributed by atoms with Gasteiger partial charge in [0, 0.05) is 13.1 Å². The quantitative estimate of drug-likeness (QED) is 0.733. The SMILES string of the molecule is CCCCN(CCO)C(=O)c1n[nH]c(C)n1. The number of aromatic nitrogens is 3. The molecule has 0 aromatic carbocycles. The Balaban J connectivity index is 2.66. The van der Waals surface area contributed by atoms with Crippen LogP contribution < -0.4 is 0 Å². The van der Waals surface area contributed by atoms with E-state index >= 15 is 0 Å². The number of nitrogens with zero attached hydrogens (tertiary/aromatic N) is 3. The molecule has 1 rings (SSSR count). The number of hydrogen-bond acceptors (Lipinski definition) is 4. The second kappa shape index (κ2) is 6.22. The van der Waals surface area contributed by atoms with Crippen LogP contribution in [0.25, 0.3) is 0 Å². The lowest BCUT2D eigenvalue weighted by Gasteiger charge is -2.19. The normalized spacial score (nSPS) is 10.4. The zero-order chi connectivity index (χ0) is 12.0. The van der Waals surface area contributed by atoms with Crippen LogP contribution in [-0.4, -0.2) is 50.8 Å². The van der Waals surface area contributed by atoms with Crippen LogP contribution in [-0.2, 0) is 0 Å². The van der Waals surface area contributed by atoms with Gasteiger partial charge in [-0.2, -0.15) is 0 Å². The summed E-state index contributed by atoms with van der Waals surface area (Å²) in [5.41, 5.74) is 0.